The molecule has 0 fully saturated rings. The SMILES string of the molecule is COc1ccc(C=Nc2ccc(-c3nc4cc(C)ccc4o3)c(O)c2)cc1Cl. The van der Waals surface area contributed by atoms with Gasteiger partial charge in [0.15, 0.2) is 5.58 Å². The number of benzene rings is 3. The predicted molar refractivity (Wildman–Crippen MR) is 111 cm³/mol. The number of aromatic hydroxyl groups is 1. The molecule has 140 valence electrons. The molecule has 0 aliphatic heterocycles. The largest absolute Gasteiger partial charge is 0.507 e. The fourth-order valence-corrected chi connectivity index (χ4v) is 3.11. The van der Waals surface area contributed by atoms with Gasteiger partial charge >= 0.3 is 0 Å². The topological polar surface area (TPSA) is 67.9 Å². The molecular formula is C22H17ClN2O3. The lowest BCUT2D eigenvalue weighted by Crippen LogP contribution is -1.86. The van der Waals surface area contributed by atoms with E-state index >= 15 is 0 Å². The predicted octanol–water partition coefficient (Wildman–Crippen LogP) is 5.92. The summed E-state index contributed by atoms with van der Waals surface area (Å²) in [5, 5.41) is 10.9. The Morgan fingerprint density at radius 2 is 1.96 bits per heavy atom. The van der Waals surface area contributed by atoms with Crippen molar-refractivity contribution in [2.45, 2.75) is 6.92 Å². The summed E-state index contributed by atoms with van der Waals surface area (Å²) in [5.41, 5.74) is 4.47. The highest BCUT2D eigenvalue weighted by Gasteiger charge is 2.13. The van der Waals surface area contributed by atoms with Gasteiger partial charge in [0, 0.05) is 12.3 Å². The summed E-state index contributed by atoms with van der Waals surface area (Å²) in [4.78, 5) is 8.85. The number of rotatable bonds is 4. The van der Waals surface area contributed by atoms with E-state index in [-0.39, 0.29) is 5.75 Å². The summed E-state index contributed by atoms with van der Waals surface area (Å²) < 4.78 is 10.9. The molecule has 1 aromatic heterocycles. The molecular weight excluding hydrogens is 376 g/mol. The lowest BCUT2D eigenvalue weighted by molar-refractivity contribution is 0.415. The van der Waals surface area contributed by atoms with Crippen LogP contribution in [0.15, 0.2) is 64.0 Å². The Morgan fingerprint density at radius 1 is 1.11 bits per heavy atom. The number of fused-ring (bicyclic) bond motifs is 1. The third kappa shape index (κ3) is 3.57. The molecule has 3 aromatic carbocycles. The van der Waals surface area contributed by atoms with Crippen LogP contribution in [0.25, 0.3) is 22.6 Å². The molecule has 4 aromatic rings. The number of oxazole rings is 1. The zero-order valence-electron chi connectivity index (χ0n) is 15.3. The number of aryl methyl sites for hydroxylation is 1. The molecule has 1 heterocycles. The normalized spacial score (nSPS) is 11.4. The lowest BCUT2D eigenvalue weighted by atomic mass is 10.2. The van der Waals surface area contributed by atoms with Gasteiger partial charge in [-0.15, -0.1) is 0 Å². The van der Waals surface area contributed by atoms with Gasteiger partial charge in [0.1, 0.15) is 17.0 Å². The van der Waals surface area contributed by atoms with Crippen LogP contribution in [0, 0.1) is 6.92 Å². The molecule has 0 saturated carbocycles. The number of hydrogen-bond acceptors (Lipinski definition) is 5. The highest BCUT2D eigenvalue weighted by Crippen LogP contribution is 2.34. The summed E-state index contributed by atoms with van der Waals surface area (Å²) in [5.74, 6) is 1.02. The summed E-state index contributed by atoms with van der Waals surface area (Å²) >= 11 is 6.12. The van der Waals surface area contributed by atoms with E-state index in [1.165, 1.54) is 0 Å². The van der Waals surface area contributed by atoms with Gasteiger partial charge < -0.3 is 14.3 Å². The summed E-state index contributed by atoms with van der Waals surface area (Å²) in [6.07, 6.45) is 1.67. The van der Waals surface area contributed by atoms with Crippen LogP contribution in [0.1, 0.15) is 11.1 Å². The van der Waals surface area contributed by atoms with Crippen LogP contribution in [0.3, 0.4) is 0 Å². The minimum absolute atomic E-state index is 0.0469. The average Bonchev–Trinajstić information content (AvgIpc) is 3.09. The molecule has 28 heavy (non-hydrogen) atoms. The van der Waals surface area contributed by atoms with Crippen molar-refractivity contribution in [3.05, 3.63) is 70.7 Å². The van der Waals surface area contributed by atoms with Gasteiger partial charge in [0.05, 0.1) is 23.4 Å². The molecule has 0 atom stereocenters. The Bertz CT molecular complexity index is 1200. The minimum atomic E-state index is 0.0469. The Balaban J connectivity index is 1.61. The molecule has 0 spiro atoms. The van der Waals surface area contributed by atoms with Gasteiger partial charge in [-0.2, -0.15) is 0 Å². The number of hydrogen-bond donors (Lipinski definition) is 1. The maximum atomic E-state index is 10.4. The van der Waals surface area contributed by atoms with Gasteiger partial charge in [-0.3, -0.25) is 4.99 Å². The van der Waals surface area contributed by atoms with Crippen LogP contribution in [-0.2, 0) is 0 Å². The summed E-state index contributed by atoms with van der Waals surface area (Å²) in [7, 11) is 1.57. The molecule has 0 unspecified atom stereocenters. The number of methoxy groups -OCH3 is 1. The average molecular weight is 393 g/mol. The number of phenolic OH excluding ortho intramolecular Hbond substituents is 1. The maximum absolute atomic E-state index is 10.4. The Hall–Kier alpha value is -3.31. The van der Waals surface area contributed by atoms with Crippen LogP contribution in [-0.4, -0.2) is 23.4 Å². The van der Waals surface area contributed by atoms with Crippen LogP contribution in [0.2, 0.25) is 5.02 Å². The van der Waals surface area contributed by atoms with Crippen molar-refractivity contribution in [2.24, 2.45) is 4.99 Å². The zero-order valence-corrected chi connectivity index (χ0v) is 16.1. The second-order valence-corrected chi connectivity index (χ2v) is 6.75. The summed E-state index contributed by atoms with van der Waals surface area (Å²) in [6.45, 7) is 1.99. The van der Waals surface area contributed by atoms with Crippen LogP contribution >= 0.6 is 11.6 Å². The lowest BCUT2D eigenvalue weighted by Gasteiger charge is -2.03. The molecule has 0 saturated heterocycles. The standard InChI is InChI=1S/C22H17ClN2O3/c1-13-3-7-21-18(9-13)25-22(28-21)16-6-5-15(11-19(16)26)24-12-14-4-8-20(27-2)17(23)10-14/h3-12,26H,1-2H3. The van der Waals surface area contributed by atoms with Crippen molar-refractivity contribution in [1.29, 1.82) is 0 Å². The molecule has 5 nitrogen and oxygen atoms in total. The highest BCUT2D eigenvalue weighted by molar-refractivity contribution is 6.32. The third-order valence-electron chi connectivity index (χ3n) is 4.29. The number of halogens is 1. The van der Waals surface area contributed by atoms with E-state index in [0.29, 0.717) is 33.5 Å². The monoisotopic (exact) mass is 392 g/mol. The molecule has 0 aliphatic rings. The number of nitrogens with zero attached hydrogens (tertiary/aromatic N) is 2. The maximum Gasteiger partial charge on any atom is 0.231 e. The van der Waals surface area contributed by atoms with Crippen LogP contribution < -0.4 is 4.74 Å². The smallest absolute Gasteiger partial charge is 0.231 e. The van der Waals surface area contributed by atoms with E-state index in [1.54, 1.807) is 43.7 Å². The number of phenols is 1. The van der Waals surface area contributed by atoms with E-state index < -0.39 is 0 Å². The second kappa shape index (κ2) is 7.37. The summed E-state index contributed by atoms with van der Waals surface area (Å²) in [6, 6.07) is 16.3. The van der Waals surface area contributed by atoms with Crippen molar-refractivity contribution >= 4 is 34.6 Å². The quantitative estimate of drug-likeness (QED) is 0.437. The minimum Gasteiger partial charge on any atom is -0.507 e. The van der Waals surface area contributed by atoms with Gasteiger partial charge in [0.25, 0.3) is 0 Å². The first-order valence-electron chi connectivity index (χ1n) is 8.62. The highest BCUT2D eigenvalue weighted by atomic mass is 35.5. The number of aromatic nitrogens is 1. The number of aliphatic imine (C=N–C) groups is 1. The zero-order chi connectivity index (χ0) is 19.7. The first-order valence-corrected chi connectivity index (χ1v) is 8.99. The van der Waals surface area contributed by atoms with E-state index in [4.69, 9.17) is 20.8 Å². The fraction of sp³-hybridized carbons (Fsp3) is 0.0909. The van der Waals surface area contributed by atoms with Crippen molar-refractivity contribution in [3.8, 4) is 23.0 Å². The van der Waals surface area contributed by atoms with E-state index in [9.17, 15) is 5.11 Å². The molecule has 6 heteroatoms. The van der Waals surface area contributed by atoms with Crippen molar-refractivity contribution in [1.82, 2.24) is 4.98 Å². The van der Waals surface area contributed by atoms with E-state index in [1.807, 2.05) is 31.2 Å². The first kappa shape index (κ1) is 18.1. The third-order valence-corrected chi connectivity index (χ3v) is 4.59. The Labute approximate surface area is 166 Å². The van der Waals surface area contributed by atoms with Gasteiger partial charge in [0.2, 0.25) is 5.89 Å². The molecule has 4 rings (SSSR count). The molecule has 0 radical (unpaired) electrons. The van der Waals surface area contributed by atoms with Gasteiger partial charge in [-0.1, -0.05) is 17.7 Å². The molecule has 0 aliphatic carbocycles. The fourth-order valence-electron chi connectivity index (χ4n) is 2.85. The molecule has 0 bridgehead atoms. The van der Waals surface area contributed by atoms with Crippen molar-refractivity contribution in [3.63, 3.8) is 0 Å². The van der Waals surface area contributed by atoms with Gasteiger partial charge in [-0.05, 0) is 60.5 Å². The van der Waals surface area contributed by atoms with Crippen LogP contribution in [0.4, 0.5) is 5.69 Å². The van der Waals surface area contributed by atoms with Crippen LogP contribution in [0.5, 0.6) is 11.5 Å². The molecule has 1 N–H and O–H groups in total. The second-order valence-electron chi connectivity index (χ2n) is 6.34. The van der Waals surface area contributed by atoms with Crippen molar-refractivity contribution < 1.29 is 14.3 Å². The number of ether oxygens (including phenoxy) is 1. The Kier molecular flexibility index (Phi) is 4.75. The molecule has 0 amide bonds. The van der Waals surface area contributed by atoms with E-state index in [0.717, 1.165) is 16.6 Å². The van der Waals surface area contributed by atoms with Gasteiger partial charge in [-0.25, -0.2) is 4.98 Å². The first-order chi connectivity index (χ1) is 13.5. The van der Waals surface area contributed by atoms with Crippen molar-refractivity contribution in [2.75, 3.05) is 7.11 Å². The Morgan fingerprint density at radius 3 is 2.71 bits per heavy atom. The van der Waals surface area contributed by atoms with E-state index in [2.05, 4.69) is 9.98 Å².